The third-order valence-electron chi connectivity index (χ3n) is 3.59. The highest BCUT2D eigenvalue weighted by Crippen LogP contribution is 2.36. The van der Waals surface area contributed by atoms with Crippen LogP contribution in [0.4, 0.5) is 35.1 Å². The largest absolute Gasteiger partial charge is 0.455 e. The van der Waals surface area contributed by atoms with E-state index in [4.69, 9.17) is 0 Å². The molecule has 0 amide bonds. The molecule has 160 valence electrons. The number of allylic oxidation sites excluding steroid dienone is 3. The molecule has 1 aliphatic rings. The molecule has 1 rings (SSSR count). The lowest BCUT2D eigenvalue weighted by Gasteiger charge is -2.39. The van der Waals surface area contributed by atoms with Crippen molar-refractivity contribution in [2.45, 2.75) is 31.6 Å². The van der Waals surface area contributed by atoms with E-state index in [1.54, 1.807) is 0 Å². The van der Waals surface area contributed by atoms with Crippen LogP contribution in [0.5, 0.6) is 0 Å². The summed E-state index contributed by atoms with van der Waals surface area (Å²) in [4.78, 5) is 0.800. The predicted octanol–water partition coefficient (Wildman–Crippen LogP) is 3.48. The minimum Gasteiger partial charge on any atom is -0.359 e. The Hall–Kier alpha value is -2.28. The van der Waals surface area contributed by atoms with Gasteiger partial charge in [0.1, 0.15) is 12.4 Å². The third-order valence-corrected chi connectivity index (χ3v) is 3.59. The van der Waals surface area contributed by atoms with E-state index in [0.29, 0.717) is 17.3 Å². The van der Waals surface area contributed by atoms with Crippen molar-refractivity contribution >= 4 is 0 Å². The summed E-state index contributed by atoms with van der Waals surface area (Å²) < 4.78 is 102. The second-order valence-corrected chi connectivity index (χ2v) is 5.80. The van der Waals surface area contributed by atoms with Gasteiger partial charge < -0.3 is 15.4 Å². The summed E-state index contributed by atoms with van der Waals surface area (Å²) in [7, 11) is 0.955. The highest BCUT2D eigenvalue weighted by atomic mass is 19.4. The van der Waals surface area contributed by atoms with Gasteiger partial charge in [-0.25, -0.2) is 0 Å². The van der Waals surface area contributed by atoms with Crippen molar-refractivity contribution < 1.29 is 40.2 Å². The molecule has 0 aromatic rings. The zero-order chi connectivity index (χ0) is 22.1. The Morgan fingerprint density at radius 3 is 2.21 bits per heavy atom. The number of hydrazine groups is 1. The number of rotatable bonds is 7. The van der Waals surface area contributed by atoms with E-state index in [1.165, 1.54) is 6.92 Å². The molecule has 1 heterocycles. The molecule has 5 nitrogen and oxygen atoms in total. The molecule has 1 aliphatic heterocycles. The van der Waals surface area contributed by atoms with Crippen molar-refractivity contribution in [1.29, 1.82) is 0 Å². The van der Waals surface area contributed by atoms with Crippen LogP contribution in [0.1, 0.15) is 6.92 Å². The van der Waals surface area contributed by atoms with Gasteiger partial charge in [0, 0.05) is 25.1 Å². The van der Waals surface area contributed by atoms with Crippen molar-refractivity contribution in [1.82, 2.24) is 20.2 Å². The Morgan fingerprint density at radius 1 is 1.25 bits per heavy atom. The third kappa shape index (κ3) is 5.38. The predicted molar refractivity (Wildman–Crippen MR) is 83.7 cm³/mol. The number of alkyl halides is 8. The molecule has 13 heteroatoms. The van der Waals surface area contributed by atoms with E-state index in [1.807, 2.05) is 0 Å². The maximum Gasteiger partial charge on any atom is 0.455 e. The summed E-state index contributed by atoms with van der Waals surface area (Å²) in [6.07, 6.45) is -10.3. The van der Waals surface area contributed by atoms with Crippen LogP contribution in [0, 0.1) is 0 Å². The number of aliphatic hydroxyl groups excluding tert-OH is 1. The first-order valence-corrected chi connectivity index (χ1v) is 7.47. The highest BCUT2D eigenvalue weighted by Gasteiger charge is 2.58. The number of nitrogens with one attached hydrogen (secondary N) is 1. The SMILES string of the molecule is C=CN(CC(F)(F)C(F)(F)F)N(C)C(O)N1C=C(C)N/C1=C/C(=C)C(F)(F)F. The number of aliphatic hydroxyl groups is 1. The first-order chi connectivity index (χ1) is 12.5. The van der Waals surface area contributed by atoms with Crippen LogP contribution in [0.2, 0.25) is 0 Å². The maximum atomic E-state index is 13.3. The average Bonchev–Trinajstić information content (AvgIpc) is 2.89. The quantitative estimate of drug-likeness (QED) is 0.374. The zero-order valence-electron chi connectivity index (χ0n) is 14.7. The fourth-order valence-corrected chi connectivity index (χ4v) is 2.04. The Labute approximate surface area is 155 Å². The van der Waals surface area contributed by atoms with Crippen molar-refractivity contribution in [2.75, 3.05) is 13.6 Å². The summed E-state index contributed by atoms with van der Waals surface area (Å²) in [6, 6.07) is 0. The number of nitrogens with zero attached hydrogens (tertiary/aromatic N) is 3. The van der Waals surface area contributed by atoms with Crippen LogP contribution in [-0.2, 0) is 0 Å². The molecule has 1 unspecified atom stereocenters. The van der Waals surface area contributed by atoms with Gasteiger partial charge >= 0.3 is 18.3 Å². The van der Waals surface area contributed by atoms with E-state index in [0.717, 1.165) is 18.1 Å². The molecule has 0 bridgehead atoms. The molecule has 0 aromatic heterocycles. The molecular formula is C15H18F8N4O. The molecule has 0 aliphatic carbocycles. The first-order valence-electron chi connectivity index (χ1n) is 7.47. The monoisotopic (exact) mass is 422 g/mol. The molecule has 28 heavy (non-hydrogen) atoms. The minimum absolute atomic E-state index is 0.277. The fourth-order valence-electron chi connectivity index (χ4n) is 2.04. The highest BCUT2D eigenvalue weighted by molar-refractivity contribution is 5.29. The number of halogens is 8. The second kappa shape index (κ2) is 7.99. The fraction of sp³-hybridized carbons (Fsp3) is 0.467. The van der Waals surface area contributed by atoms with Crippen LogP contribution in [0.15, 0.2) is 48.7 Å². The minimum atomic E-state index is -5.85. The molecule has 0 saturated carbocycles. The zero-order valence-corrected chi connectivity index (χ0v) is 14.7. The van der Waals surface area contributed by atoms with Gasteiger partial charge in [-0.1, -0.05) is 13.2 Å². The van der Waals surface area contributed by atoms with Crippen molar-refractivity contribution in [3.05, 3.63) is 48.7 Å². The van der Waals surface area contributed by atoms with Crippen molar-refractivity contribution in [3.8, 4) is 0 Å². The van der Waals surface area contributed by atoms with Crippen LogP contribution in [0.25, 0.3) is 0 Å². The van der Waals surface area contributed by atoms with Gasteiger partial charge in [0.05, 0.1) is 5.57 Å². The van der Waals surface area contributed by atoms with E-state index < -0.39 is 36.7 Å². The van der Waals surface area contributed by atoms with Crippen LogP contribution in [-0.4, -0.2) is 58.2 Å². The normalized spacial score (nSPS) is 18.2. The van der Waals surface area contributed by atoms with Crippen LogP contribution in [0.3, 0.4) is 0 Å². The summed E-state index contributed by atoms with van der Waals surface area (Å²) >= 11 is 0. The summed E-state index contributed by atoms with van der Waals surface area (Å²) in [5, 5.41) is 13.7. The number of hydrogen-bond acceptors (Lipinski definition) is 5. The topological polar surface area (TPSA) is 42.0 Å². The molecule has 0 spiro atoms. The maximum absolute atomic E-state index is 13.3. The first kappa shape index (κ1) is 23.8. The Kier molecular flexibility index (Phi) is 6.78. The van der Waals surface area contributed by atoms with Gasteiger partial charge in [-0.05, 0) is 13.0 Å². The van der Waals surface area contributed by atoms with Crippen LogP contribution >= 0.6 is 0 Å². The smallest absolute Gasteiger partial charge is 0.359 e. The summed E-state index contributed by atoms with van der Waals surface area (Å²) in [5.41, 5.74) is -0.999. The summed E-state index contributed by atoms with van der Waals surface area (Å²) in [6.45, 7) is 5.49. The average molecular weight is 422 g/mol. The molecule has 2 N–H and O–H groups in total. The Morgan fingerprint density at radius 2 is 1.79 bits per heavy atom. The second-order valence-electron chi connectivity index (χ2n) is 5.80. The number of hydrogen-bond donors (Lipinski definition) is 2. The molecule has 0 aromatic carbocycles. The standard InChI is InChI=1S/C15H18F8N4O/c1-5-26(8-13(16,17)15(21,22)23)25(4)12(28)27-7-10(3)24-11(27)6-9(2)14(18,19)20/h5-7,12,24,28H,1-2,8H2,3-4H3/b11-6-. The van der Waals surface area contributed by atoms with E-state index in [9.17, 15) is 40.2 Å². The van der Waals surface area contributed by atoms with Crippen molar-refractivity contribution in [3.63, 3.8) is 0 Å². The van der Waals surface area contributed by atoms with Gasteiger partial charge in [0.15, 0.2) is 0 Å². The Bertz CT molecular complexity index is 668. The Balaban J connectivity index is 3.08. The molecular weight excluding hydrogens is 404 g/mol. The van der Waals surface area contributed by atoms with E-state index in [-0.39, 0.29) is 16.5 Å². The summed E-state index contributed by atoms with van der Waals surface area (Å²) in [5.74, 6) is -5.45. The van der Waals surface area contributed by atoms with Gasteiger partial charge in [0.25, 0.3) is 0 Å². The van der Waals surface area contributed by atoms with E-state index >= 15 is 0 Å². The molecule has 0 radical (unpaired) electrons. The van der Waals surface area contributed by atoms with Crippen molar-refractivity contribution in [2.24, 2.45) is 0 Å². The molecule has 0 saturated heterocycles. The van der Waals surface area contributed by atoms with Gasteiger partial charge in [-0.15, -0.1) is 0 Å². The lowest BCUT2D eigenvalue weighted by atomic mass is 10.2. The molecule has 1 atom stereocenters. The van der Waals surface area contributed by atoms with E-state index in [2.05, 4.69) is 18.5 Å². The van der Waals surface area contributed by atoms with Gasteiger partial charge in [-0.2, -0.15) is 40.1 Å². The van der Waals surface area contributed by atoms with Gasteiger partial charge in [0.2, 0.25) is 6.35 Å². The molecule has 0 fully saturated rings. The lowest BCUT2D eigenvalue weighted by molar-refractivity contribution is -0.297. The lowest BCUT2D eigenvalue weighted by Crippen LogP contribution is -2.55. The van der Waals surface area contributed by atoms with Crippen LogP contribution < -0.4 is 5.32 Å². The van der Waals surface area contributed by atoms with Gasteiger partial charge in [-0.3, -0.25) is 4.90 Å².